The molecule has 112 heavy (non-hydrogen) atoms. The van der Waals surface area contributed by atoms with Crippen LogP contribution < -0.4 is 9.80 Å². The molecule has 10 nitrogen and oxygen atoms in total. The van der Waals surface area contributed by atoms with Gasteiger partial charge in [0.2, 0.25) is 11.9 Å². The summed E-state index contributed by atoms with van der Waals surface area (Å²) in [6.07, 6.45) is 0. The van der Waals surface area contributed by atoms with Crippen LogP contribution in [0.25, 0.3) is 146 Å². The van der Waals surface area contributed by atoms with E-state index in [1.165, 1.54) is 0 Å². The van der Waals surface area contributed by atoms with E-state index in [0.717, 1.165) is 144 Å². The van der Waals surface area contributed by atoms with Crippen molar-refractivity contribution in [3.05, 3.63) is 425 Å². The normalized spacial score (nSPS) is 11.2. The van der Waals surface area contributed by atoms with Crippen LogP contribution in [0.3, 0.4) is 0 Å². The van der Waals surface area contributed by atoms with Gasteiger partial charge in [0.05, 0.1) is 27.8 Å². The molecule has 0 amide bonds. The molecule has 0 bridgehead atoms. The van der Waals surface area contributed by atoms with Crippen molar-refractivity contribution in [1.29, 1.82) is 0 Å². The molecular weight excluding hydrogens is 1370 g/mol. The molecule has 4 heterocycles. The maximum absolute atomic E-state index is 5.27. The number of benzene rings is 16. The Morgan fingerprint density at radius 2 is 0.455 bits per heavy atom. The Kier molecular flexibility index (Phi) is 18.1. The third-order valence-corrected chi connectivity index (χ3v) is 20.5. The second-order valence-electron chi connectivity index (χ2n) is 27.4. The van der Waals surface area contributed by atoms with Gasteiger partial charge in [-0.3, -0.25) is 9.13 Å². The summed E-state index contributed by atoms with van der Waals surface area (Å²) in [7, 11) is 0. The van der Waals surface area contributed by atoms with Crippen LogP contribution in [0.1, 0.15) is 0 Å². The molecule has 20 rings (SSSR count). The number of anilines is 6. The lowest BCUT2D eigenvalue weighted by atomic mass is 10.00. The Balaban J connectivity index is 0.000000151. The first-order valence-corrected chi connectivity index (χ1v) is 37.6. The van der Waals surface area contributed by atoms with Gasteiger partial charge in [0, 0.05) is 88.9 Å². The molecule has 16 aromatic carbocycles. The van der Waals surface area contributed by atoms with Crippen molar-refractivity contribution in [2.45, 2.75) is 0 Å². The fourth-order valence-electron chi connectivity index (χ4n) is 15.3. The molecule has 0 spiro atoms. The minimum absolute atomic E-state index is 0.569. The zero-order valence-corrected chi connectivity index (χ0v) is 60.9. The quantitative estimate of drug-likeness (QED) is 0.0944. The molecule has 0 saturated carbocycles. The van der Waals surface area contributed by atoms with E-state index in [2.05, 4.69) is 395 Å². The molecule has 0 unspecified atom stereocenters. The van der Waals surface area contributed by atoms with Gasteiger partial charge in [0.25, 0.3) is 0 Å². The number of nitrogens with zero attached hydrogens (tertiary/aromatic N) is 10. The van der Waals surface area contributed by atoms with Gasteiger partial charge < -0.3 is 9.80 Å². The lowest BCUT2D eigenvalue weighted by Crippen LogP contribution is -2.10. The average Bonchev–Trinajstić information content (AvgIpc) is 1.59. The number of hydrogen-bond donors (Lipinski definition) is 0. The maximum atomic E-state index is 5.27. The minimum atomic E-state index is 0.569. The minimum Gasteiger partial charge on any atom is -0.310 e. The first-order valence-electron chi connectivity index (χ1n) is 37.6. The highest BCUT2D eigenvalue weighted by molar-refractivity contribution is 6.15. The van der Waals surface area contributed by atoms with Crippen LogP contribution in [-0.2, 0) is 0 Å². The van der Waals surface area contributed by atoms with E-state index in [4.69, 9.17) is 29.9 Å². The van der Waals surface area contributed by atoms with Crippen molar-refractivity contribution >= 4 is 77.7 Å². The van der Waals surface area contributed by atoms with Gasteiger partial charge in [-0.15, -0.1) is 0 Å². The van der Waals surface area contributed by atoms with Gasteiger partial charge in [-0.25, -0.2) is 9.97 Å². The highest BCUT2D eigenvalue weighted by Gasteiger charge is 2.25. The van der Waals surface area contributed by atoms with Crippen molar-refractivity contribution in [3.63, 3.8) is 0 Å². The number of hydrogen-bond acceptors (Lipinski definition) is 8. The van der Waals surface area contributed by atoms with Gasteiger partial charge in [-0.05, 0) is 107 Å². The Bertz CT molecular complexity index is 6630. The third-order valence-electron chi connectivity index (χ3n) is 20.5. The SMILES string of the molecule is c1ccc(-c2nc(-c3ccc(-c4cccc(N(c5ccccc5)c5ccccc5)c4)cc3)nc(-n3c4ccccc4c4cccc(-c5ccccc5)c43)n2)cc1.c1ccc(-c2nc(-c3ccc(-c4ccccc4N(c4ccccc4)c4ccccc4)cc3)nc(-n3c4ccccc4c4cccc(-c5ccccc5)c43)n2)cc1. The van der Waals surface area contributed by atoms with Crippen molar-refractivity contribution in [1.82, 2.24) is 39.0 Å². The highest BCUT2D eigenvalue weighted by Crippen LogP contribution is 2.44. The molecule has 0 aliphatic rings. The van der Waals surface area contributed by atoms with Crippen molar-refractivity contribution in [2.24, 2.45) is 0 Å². The van der Waals surface area contributed by atoms with Crippen LogP contribution in [0.4, 0.5) is 34.1 Å². The molecule has 0 radical (unpaired) electrons. The Morgan fingerprint density at radius 3 is 0.875 bits per heavy atom. The molecule has 0 aliphatic carbocycles. The van der Waals surface area contributed by atoms with Crippen LogP contribution in [0.2, 0.25) is 0 Å². The van der Waals surface area contributed by atoms with Crippen LogP contribution in [0.15, 0.2) is 425 Å². The lowest BCUT2D eigenvalue weighted by Gasteiger charge is -2.27. The summed E-state index contributed by atoms with van der Waals surface area (Å²) in [5, 5.41) is 4.59. The van der Waals surface area contributed by atoms with Gasteiger partial charge in [-0.1, -0.05) is 346 Å². The summed E-state index contributed by atoms with van der Waals surface area (Å²) in [6, 6.07) is 148. The standard InChI is InChI=1S/2C51H35N5/c1-5-18-36(19-6-1)43-28-17-29-45-44-27-14-16-31-47(44)56(48(43)45)51-53-49(38-20-7-2-8-21-38)52-50(54-51)39-34-32-37(33-35-39)42-26-13-15-30-46(42)55(40-22-9-3-10-23-40)41-24-11-4-12-25-41;1-5-17-37(18-6-1)44-28-16-29-46-45-27-13-14-30-47(45)56(48(44)46)51-53-49(38-19-7-2-8-20-38)52-50(54-51)39-33-31-36(32-34-39)40-21-15-26-43(35-40)55(41-22-9-3-10-23-41)42-24-11-4-12-25-42/h2*1-35H. The van der Waals surface area contributed by atoms with E-state index in [9.17, 15) is 0 Å². The topological polar surface area (TPSA) is 93.7 Å². The number of fused-ring (bicyclic) bond motifs is 6. The molecule has 10 heteroatoms. The van der Waals surface area contributed by atoms with Crippen LogP contribution in [0.5, 0.6) is 0 Å². The molecule has 0 atom stereocenters. The van der Waals surface area contributed by atoms with Gasteiger partial charge in [0.15, 0.2) is 23.3 Å². The molecule has 0 N–H and O–H groups in total. The second-order valence-corrected chi connectivity index (χ2v) is 27.4. The highest BCUT2D eigenvalue weighted by atomic mass is 15.2. The summed E-state index contributed by atoms with van der Waals surface area (Å²) >= 11 is 0. The smallest absolute Gasteiger partial charge is 0.238 e. The van der Waals surface area contributed by atoms with E-state index in [-0.39, 0.29) is 0 Å². The van der Waals surface area contributed by atoms with Crippen LogP contribution >= 0.6 is 0 Å². The Labute approximate surface area is 649 Å². The zero-order valence-electron chi connectivity index (χ0n) is 60.9. The molecule has 0 saturated heterocycles. The Hall–Kier alpha value is -15.3. The number of para-hydroxylation sites is 9. The molecule has 20 aromatic rings. The summed E-state index contributed by atoms with van der Waals surface area (Å²) in [5.74, 6) is 3.59. The summed E-state index contributed by atoms with van der Waals surface area (Å²) in [6.45, 7) is 0. The van der Waals surface area contributed by atoms with E-state index in [1.807, 2.05) is 48.5 Å². The molecular formula is C102H70N10. The monoisotopic (exact) mass is 1430 g/mol. The van der Waals surface area contributed by atoms with Gasteiger partial charge >= 0.3 is 0 Å². The predicted octanol–water partition coefficient (Wildman–Crippen LogP) is 26.2. The largest absolute Gasteiger partial charge is 0.310 e. The van der Waals surface area contributed by atoms with E-state index >= 15 is 0 Å². The summed E-state index contributed by atoms with van der Waals surface area (Å²) in [4.78, 5) is 35.7. The fraction of sp³-hybridized carbons (Fsp3) is 0. The molecule has 0 aliphatic heterocycles. The number of rotatable bonds is 16. The van der Waals surface area contributed by atoms with Crippen molar-refractivity contribution in [2.75, 3.05) is 9.80 Å². The van der Waals surface area contributed by atoms with Crippen LogP contribution in [0, 0.1) is 0 Å². The second kappa shape index (κ2) is 30.2. The fourth-order valence-corrected chi connectivity index (χ4v) is 15.3. The zero-order chi connectivity index (χ0) is 74.5. The molecule has 528 valence electrons. The molecule has 4 aromatic heterocycles. The summed E-state index contributed by atoms with van der Waals surface area (Å²) < 4.78 is 4.41. The van der Waals surface area contributed by atoms with Gasteiger partial charge in [-0.2, -0.15) is 19.9 Å². The van der Waals surface area contributed by atoms with E-state index in [0.29, 0.717) is 35.2 Å². The predicted molar refractivity (Wildman–Crippen MR) is 461 cm³/mol. The molecule has 0 fully saturated rings. The lowest BCUT2D eigenvalue weighted by molar-refractivity contribution is 0.953. The summed E-state index contributed by atoms with van der Waals surface area (Å²) in [5.41, 5.74) is 23.3. The van der Waals surface area contributed by atoms with Gasteiger partial charge in [0.1, 0.15) is 0 Å². The first-order chi connectivity index (χ1) is 55.6. The first kappa shape index (κ1) is 67.4. The van der Waals surface area contributed by atoms with E-state index < -0.39 is 0 Å². The maximum Gasteiger partial charge on any atom is 0.238 e. The average molecular weight is 1440 g/mol. The third kappa shape index (κ3) is 13.1. The van der Waals surface area contributed by atoms with Crippen LogP contribution in [-0.4, -0.2) is 39.0 Å². The van der Waals surface area contributed by atoms with E-state index in [1.54, 1.807) is 0 Å². The Morgan fingerprint density at radius 1 is 0.179 bits per heavy atom. The van der Waals surface area contributed by atoms with Crippen molar-refractivity contribution < 1.29 is 0 Å². The number of aromatic nitrogens is 8. The van der Waals surface area contributed by atoms with Crippen molar-refractivity contribution in [3.8, 4) is 102 Å².